The molecule has 7 N–H and O–H groups in total. The molecule has 4 aromatic rings. The summed E-state index contributed by atoms with van der Waals surface area (Å²) in [7, 11) is 0. The minimum Gasteiger partial charge on any atom is -1.00 e. The summed E-state index contributed by atoms with van der Waals surface area (Å²) in [4.78, 5) is 14.1. The van der Waals surface area contributed by atoms with Gasteiger partial charge in [0.25, 0.3) is 0 Å². The van der Waals surface area contributed by atoms with Crippen molar-refractivity contribution in [3.05, 3.63) is 85.7 Å². The van der Waals surface area contributed by atoms with Gasteiger partial charge in [0.05, 0.1) is 11.4 Å². The normalized spacial score (nSPS) is 8.69. The van der Waals surface area contributed by atoms with Crippen LogP contribution in [0.1, 0.15) is 0 Å². The van der Waals surface area contributed by atoms with Crippen LogP contribution in [0.15, 0.2) is 85.7 Å². The Morgan fingerprint density at radius 2 is 1.00 bits per heavy atom. The van der Waals surface area contributed by atoms with E-state index < -0.39 is 0 Å². The number of pyridine rings is 4. The number of nitrogens with zero attached hydrogens (tertiary/aromatic N) is 1. The predicted octanol–water partition coefficient (Wildman–Crippen LogP) is -8.11. The molecule has 0 saturated heterocycles. The minimum atomic E-state index is 0. The summed E-state index contributed by atoms with van der Waals surface area (Å²) >= 11 is 0. The summed E-state index contributed by atoms with van der Waals surface area (Å²) in [5, 5.41) is 0. The smallest absolute Gasteiger partial charge is 0.174 e. The van der Waals surface area contributed by atoms with Crippen LogP contribution in [0.5, 0.6) is 0 Å². The number of aromatic amines is 3. The third-order valence-electron chi connectivity index (χ3n) is 3.89. The number of H-pyrrole nitrogens is 3. The first kappa shape index (κ1) is 28.6. The topological polar surface area (TPSA) is 118 Å². The number of aromatic nitrogens is 4. The summed E-state index contributed by atoms with van der Waals surface area (Å²) in [5.41, 5.74) is 6.33. The Morgan fingerprint density at radius 1 is 0.517 bits per heavy atom. The van der Waals surface area contributed by atoms with E-state index in [2.05, 4.69) is 33.2 Å². The van der Waals surface area contributed by atoms with E-state index in [0.29, 0.717) is 0 Å². The molecule has 0 aliphatic heterocycles. The molecule has 0 aliphatic rings. The first-order valence-corrected chi connectivity index (χ1v) is 7.82. The van der Waals surface area contributed by atoms with Crippen LogP contribution in [0.3, 0.4) is 0 Å². The van der Waals surface area contributed by atoms with Gasteiger partial charge in [0, 0.05) is 47.0 Å². The molecule has 0 saturated carbocycles. The third-order valence-corrected chi connectivity index (χ3v) is 3.89. The lowest BCUT2D eigenvalue weighted by Crippen LogP contribution is -3.00. The van der Waals surface area contributed by atoms with Gasteiger partial charge in [-0.05, 0) is 23.8 Å². The fourth-order valence-electron chi connectivity index (χ4n) is 2.68. The van der Waals surface area contributed by atoms with Crippen LogP contribution in [-0.2, 0) is 0 Å². The molecule has 0 aliphatic carbocycles. The maximum atomic E-state index is 4.86. The van der Waals surface area contributed by atoms with Crippen LogP contribution >= 0.6 is 0 Å². The zero-order valence-corrected chi connectivity index (χ0v) is 17.4. The van der Waals surface area contributed by atoms with Gasteiger partial charge in [-0.2, -0.15) is 0 Å². The highest BCUT2D eigenvalue weighted by molar-refractivity contribution is 5.75. The Bertz CT molecular complexity index is 823. The van der Waals surface area contributed by atoms with E-state index in [4.69, 9.17) is 4.98 Å². The molecule has 0 spiro atoms. The second kappa shape index (κ2) is 13.5. The Hall–Kier alpha value is -2.61. The lowest BCUT2D eigenvalue weighted by atomic mass is 10.0. The van der Waals surface area contributed by atoms with Crippen molar-refractivity contribution in [2.24, 2.45) is 0 Å². The maximum absolute atomic E-state index is 4.86. The number of nitrogens with one attached hydrogen (secondary N) is 3. The van der Waals surface area contributed by atoms with Crippen LogP contribution in [0, 0.1) is 0 Å². The van der Waals surface area contributed by atoms with Gasteiger partial charge in [-0.25, -0.2) is 19.9 Å². The molecule has 0 unspecified atom stereocenters. The van der Waals surface area contributed by atoms with Crippen LogP contribution < -0.4 is 52.2 Å². The fourth-order valence-corrected chi connectivity index (χ4v) is 2.68. The molecule has 0 fully saturated rings. The van der Waals surface area contributed by atoms with Gasteiger partial charge in [-0.3, -0.25) is 0 Å². The van der Waals surface area contributed by atoms with E-state index in [1.54, 1.807) is 0 Å². The SMILES string of the molecule is O.O.[Cl-].[Cl-].[Cl-].c1c[nH+]cc(-c2cc(-c3cc[nH+]cc3)nc(-c3cc[nH+]cc3)c2)c1. The van der Waals surface area contributed by atoms with Gasteiger partial charge in [-0.15, -0.1) is 0 Å². The highest BCUT2D eigenvalue weighted by atomic mass is 35.5. The summed E-state index contributed by atoms with van der Waals surface area (Å²) in [5.74, 6) is 0. The fraction of sp³-hybridized carbons (Fsp3) is 0. The molecule has 29 heavy (non-hydrogen) atoms. The maximum Gasteiger partial charge on any atom is 0.174 e. The molecule has 4 aromatic heterocycles. The molecule has 0 radical (unpaired) electrons. The van der Waals surface area contributed by atoms with E-state index in [1.807, 2.05) is 67.5 Å². The Labute approximate surface area is 187 Å². The molecule has 4 heterocycles. The Balaban J connectivity index is 0. The minimum absolute atomic E-state index is 0. The average molecular weight is 456 g/mol. The standard InChI is InChI=1S/C20H14N4.3ClH.2H2O/c1-2-17(14-23-7-1)18-12-19(15-3-8-21-9-4-15)24-20(13-18)16-5-10-22-11-6-16;;;;;/h1-14H;3*1H;2*1H2. The molecule has 6 nitrogen and oxygen atoms in total. The largest absolute Gasteiger partial charge is 1.00 e. The van der Waals surface area contributed by atoms with Crippen molar-refractivity contribution in [1.82, 2.24) is 4.98 Å². The number of rotatable bonds is 3. The van der Waals surface area contributed by atoms with Crippen molar-refractivity contribution in [3.63, 3.8) is 0 Å². The van der Waals surface area contributed by atoms with Crippen LogP contribution in [0.25, 0.3) is 33.6 Å². The molecule has 9 heteroatoms. The third kappa shape index (κ3) is 6.74. The highest BCUT2D eigenvalue weighted by Crippen LogP contribution is 2.28. The first-order valence-electron chi connectivity index (χ1n) is 7.82. The molecule has 4 rings (SSSR count). The summed E-state index contributed by atoms with van der Waals surface area (Å²) in [6, 6.07) is 16.5. The molecular weight excluding hydrogens is 435 g/mol. The van der Waals surface area contributed by atoms with Gasteiger partial charge in [-0.1, -0.05) is 0 Å². The lowest BCUT2D eigenvalue weighted by Gasteiger charge is -2.08. The second-order valence-electron chi connectivity index (χ2n) is 5.50. The van der Waals surface area contributed by atoms with Gasteiger partial charge >= 0.3 is 0 Å². The van der Waals surface area contributed by atoms with Crippen molar-refractivity contribution < 1.29 is 63.1 Å². The van der Waals surface area contributed by atoms with Crippen molar-refractivity contribution in [2.75, 3.05) is 0 Å². The molecular formula is C20H21Cl3N4O2. The molecule has 0 bridgehead atoms. The van der Waals surface area contributed by atoms with Gasteiger partial charge in [0.2, 0.25) is 0 Å². The Kier molecular flexibility index (Phi) is 13.4. The second-order valence-corrected chi connectivity index (χ2v) is 5.50. The average Bonchev–Trinajstić information content (AvgIpc) is 2.70. The van der Waals surface area contributed by atoms with Crippen molar-refractivity contribution >= 4 is 0 Å². The molecule has 0 aromatic carbocycles. The van der Waals surface area contributed by atoms with Crippen LogP contribution in [-0.4, -0.2) is 15.9 Å². The molecule has 154 valence electrons. The van der Waals surface area contributed by atoms with Gasteiger partial charge in [0.1, 0.15) is 0 Å². The van der Waals surface area contributed by atoms with E-state index in [-0.39, 0.29) is 48.2 Å². The van der Waals surface area contributed by atoms with E-state index in [9.17, 15) is 0 Å². The quantitative estimate of drug-likeness (QED) is 0.300. The van der Waals surface area contributed by atoms with Crippen molar-refractivity contribution in [1.29, 1.82) is 0 Å². The zero-order chi connectivity index (χ0) is 16.2. The van der Waals surface area contributed by atoms with E-state index >= 15 is 0 Å². The van der Waals surface area contributed by atoms with Gasteiger partial charge < -0.3 is 48.2 Å². The first-order chi connectivity index (χ1) is 11.9. The summed E-state index contributed by atoms with van der Waals surface area (Å²) in [6.45, 7) is 0. The molecule has 0 amide bonds. The Morgan fingerprint density at radius 3 is 1.41 bits per heavy atom. The highest BCUT2D eigenvalue weighted by Gasteiger charge is 2.10. The number of halogens is 3. The summed E-state index contributed by atoms with van der Waals surface area (Å²) < 4.78 is 0. The molecule has 0 atom stereocenters. The monoisotopic (exact) mass is 454 g/mol. The summed E-state index contributed by atoms with van der Waals surface area (Å²) in [6.07, 6.45) is 11.6. The van der Waals surface area contributed by atoms with Crippen LogP contribution in [0.4, 0.5) is 0 Å². The zero-order valence-electron chi connectivity index (χ0n) is 15.2. The van der Waals surface area contributed by atoms with E-state index in [1.165, 1.54) is 0 Å². The lowest BCUT2D eigenvalue weighted by molar-refractivity contribution is -0.378. The number of hydrogen-bond donors (Lipinski definition) is 0. The van der Waals surface area contributed by atoms with Crippen LogP contribution in [0.2, 0.25) is 0 Å². The van der Waals surface area contributed by atoms with Crippen molar-refractivity contribution in [2.45, 2.75) is 0 Å². The van der Waals surface area contributed by atoms with Gasteiger partial charge in [0.15, 0.2) is 37.2 Å². The van der Waals surface area contributed by atoms with Crippen molar-refractivity contribution in [3.8, 4) is 33.6 Å². The number of hydrogen-bond acceptors (Lipinski definition) is 1. The van der Waals surface area contributed by atoms with E-state index in [0.717, 1.165) is 33.6 Å². The predicted molar refractivity (Wildman–Crippen MR) is 97.4 cm³/mol.